The van der Waals surface area contributed by atoms with E-state index in [1.807, 2.05) is 6.92 Å². The second kappa shape index (κ2) is 6.98. The lowest BCUT2D eigenvalue weighted by molar-refractivity contribution is -0.0353. The van der Waals surface area contributed by atoms with Crippen LogP contribution in [-0.4, -0.2) is 28.2 Å². The summed E-state index contributed by atoms with van der Waals surface area (Å²) in [6.07, 6.45) is 9.38. The standard InChI is InChI=1S/C16H24N2O3/c1-3-8-13-12(14(19)20)11-17-15(18-13)16(21-2)9-6-4-5-7-10-16/h11H,3-10H2,1-2H3,(H,19,20). The summed E-state index contributed by atoms with van der Waals surface area (Å²) in [7, 11) is 1.71. The number of rotatable bonds is 5. The zero-order valence-electron chi connectivity index (χ0n) is 12.9. The summed E-state index contributed by atoms with van der Waals surface area (Å²) in [6.45, 7) is 2.02. The molecule has 0 aromatic carbocycles. The third kappa shape index (κ3) is 3.40. The molecule has 2 rings (SSSR count). The van der Waals surface area contributed by atoms with Gasteiger partial charge in [0, 0.05) is 13.3 Å². The highest BCUT2D eigenvalue weighted by Crippen LogP contribution is 2.37. The number of aryl methyl sites for hydroxylation is 1. The van der Waals surface area contributed by atoms with Crippen LogP contribution >= 0.6 is 0 Å². The first kappa shape index (κ1) is 15.9. The molecule has 0 aliphatic heterocycles. The normalized spacial score (nSPS) is 18.2. The lowest BCUT2D eigenvalue weighted by Gasteiger charge is -2.30. The minimum Gasteiger partial charge on any atom is -0.478 e. The molecule has 5 nitrogen and oxygen atoms in total. The molecule has 0 spiro atoms. The quantitative estimate of drug-likeness (QED) is 0.843. The maximum Gasteiger partial charge on any atom is 0.339 e. The Hall–Kier alpha value is -1.49. The zero-order chi connectivity index (χ0) is 15.3. The number of carboxylic acid groups (broad SMARTS) is 1. The summed E-state index contributed by atoms with van der Waals surface area (Å²) in [5.41, 5.74) is 0.381. The molecule has 1 fully saturated rings. The van der Waals surface area contributed by atoms with Gasteiger partial charge in [0.2, 0.25) is 0 Å². The van der Waals surface area contributed by atoms with Crippen molar-refractivity contribution in [3.63, 3.8) is 0 Å². The van der Waals surface area contributed by atoms with E-state index in [0.717, 1.165) is 32.1 Å². The SMILES string of the molecule is CCCc1nc(C2(OC)CCCCCC2)ncc1C(=O)O. The highest BCUT2D eigenvalue weighted by molar-refractivity contribution is 5.88. The number of hydrogen-bond donors (Lipinski definition) is 1. The molecule has 1 aliphatic carbocycles. The minimum absolute atomic E-state index is 0.209. The van der Waals surface area contributed by atoms with Gasteiger partial charge in [0.1, 0.15) is 5.60 Å². The fourth-order valence-electron chi connectivity index (χ4n) is 3.06. The summed E-state index contributed by atoms with van der Waals surface area (Å²) in [4.78, 5) is 20.2. The lowest BCUT2D eigenvalue weighted by Crippen LogP contribution is -2.31. The van der Waals surface area contributed by atoms with Gasteiger partial charge in [-0.15, -0.1) is 0 Å². The zero-order valence-corrected chi connectivity index (χ0v) is 12.9. The number of aromatic nitrogens is 2. The van der Waals surface area contributed by atoms with Crippen molar-refractivity contribution < 1.29 is 14.6 Å². The predicted molar refractivity (Wildman–Crippen MR) is 79.4 cm³/mol. The Morgan fingerprint density at radius 1 is 1.33 bits per heavy atom. The summed E-state index contributed by atoms with van der Waals surface area (Å²) < 4.78 is 5.81. The maximum absolute atomic E-state index is 11.3. The van der Waals surface area contributed by atoms with Gasteiger partial charge in [0.05, 0.1) is 11.3 Å². The highest BCUT2D eigenvalue weighted by Gasteiger charge is 2.36. The van der Waals surface area contributed by atoms with Crippen LogP contribution in [0.5, 0.6) is 0 Å². The lowest BCUT2D eigenvalue weighted by atomic mass is 9.92. The number of nitrogens with zero attached hydrogens (tertiary/aromatic N) is 2. The first-order valence-corrected chi connectivity index (χ1v) is 7.78. The smallest absolute Gasteiger partial charge is 0.339 e. The number of ether oxygens (including phenoxy) is 1. The molecule has 1 aromatic heterocycles. The van der Waals surface area contributed by atoms with Gasteiger partial charge in [-0.1, -0.05) is 39.0 Å². The van der Waals surface area contributed by atoms with Crippen LogP contribution < -0.4 is 0 Å². The van der Waals surface area contributed by atoms with Crippen LogP contribution in [0.2, 0.25) is 0 Å². The second-order valence-corrected chi connectivity index (χ2v) is 5.72. The Morgan fingerprint density at radius 2 is 2.00 bits per heavy atom. The first-order valence-electron chi connectivity index (χ1n) is 7.78. The Balaban J connectivity index is 2.41. The Morgan fingerprint density at radius 3 is 2.52 bits per heavy atom. The van der Waals surface area contributed by atoms with E-state index >= 15 is 0 Å². The van der Waals surface area contributed by atoms with Crippen LogP contribution in [0.1, 0.15) is 73.7 Å². The third-order valence-corrected chi connectivity index (χ3v) is 4.29. The molecule has 0 atom stereocenters. The van der Waals surface area contributed by atoms with Gasteiger partial charge in [-0.3, -0.25) is 0 Å². The molecule has 0 radical (unpaired) electrons. The molecule has 5 heteroatoms. The van der Waals surface area contributed by atoms with E-state index in [2.05, 4.69) is 9.97 Å². The molecule has 1 N–H and O–H groups in total. The Labute approximate surface area is 125 Å². The van der Waals surface area contributed by atoms with Gasteiger partial charge >= 0.3 is 5.97 Å². The van der Waals surface area contributed by atoms with E-state index < -0.39 is 11.6 Å². The number of hydrogen-bond acceptors (Lipinski definition) is 4. The van der Waals surface area contributed by atoms with Crippen LogP contribution in [0.25, 0.3) is 0 Å². The van der Waals surface area contributed by atoms with Crippen molar-refractivity contribution in [3.8, 4) is 0 Å². The topological polar surface area (TPSA) is 72.3 Å². The van der Waals surface area contributed by atoms with Crippen molar-refractivity contribution in [2.45, 2.75) is 63.9 Å². The molecule has 1 heterocycles. The molecule has 21 heavy (non-hydrogen) atoms. The fraction of sp³-hybridized carbons (Fsp3) is 0.688. The molecule has 1 saturated carbocycles. The van der Waals surface area contributed by atoms with E-state index in [0.29, 0.717) is 17.9 Å². The van der Waals surface area contributed by atoms with Crippen molar-refractivity contribution in [1.29, 1.82) is 0 Å². The van der Waals surface area contributed by atoms with E-state index in [1.54, 1.807) is 7.11 Å². The molecule has 1 aromatic rings. The number of methoxy groups -OCH3 is 1. The monoisotopic (exact) mass is 292 g/mol. The summed E-state index contributed by atoms with van der Waals surface area (Å²) >= 11 is 0. The summed E-state index contributed by atoms with van der Waals surface area (Å²) in [5, 5.41) is 9.25. The number of carbonyl (C=O) groups is 1. The highest BCUT2D eigenvalue weighted by atomic mass is 16.5. The Kier molecular flexibility index (Phi) is 5.28. The minimum atomic E-state index is -0.961. The second-order valence-electron chi connectivity index (χ2n) is 5.72. The van der Waals surface area contributed by atoms with Gasteiger partial charge in [0.15, 0.2) is 5.82 Å². The van der Waals surface area contributed by atoms with Crippen molar-refractivity contribution in [2.75, 3.05) is 7.11 Å². The van der Waals surface area contributed by atoms with E-state index in [4.69, 9.17) is 4.74 Å². The molecular weight excluding hydrogens is 268 g/mol. The summed E-state index contributed by atoms with van der Waals surface area (Å²) in [6, 6.07) is 0. The van der Waals surface area contributed by atoms with Crippen LogP contribution in [0.3, 0.4) is 0 Å². The van der Waals surface area contributed by atoms with Crippen molar-refractivity contribution in [2.24, 2.45) is 0 Å². The van der Waals surface area contributed by atoms with Crippen LogP contribution in [-0.2, 0) is 16.8 Å². The Bertz CT molecular complexity index is 494. The molecule has 0 amide bonds. The van der Waals surface area contributed by atoms with Crippen molar-refractivity contribution >= 4 is 5.97 Å². The molecule has 0 unspecified atom stereocenters. The predicted octanol–water partition coefficient (Wildman–Crippen LogP) is 3.32. The molecule has 116 valence electrons. The largest absolute Gasteiger partial charge is 0.478 e. The first-order chi connectivity index (χ1) is 10.1. The van der Waals surface area contributed by atoms with E-state index in [1.165, 1.54) is 19.0 Å². The van der Waals surface area contributed by atoms with E-state index in [9.17, 15) is 9.90 Å². The van der Waals surface area contributed by atoms with E-state index in [-0.39, 0.29) is 5.56 Å². The van der Waals surface area contributed by atoms with Gasteiger partial charge in [-0.05, 0) is 19.3 Å². The molecule has 0 bridgehead atoms. The average Bonchev–Trinajstić information content (AvgIpc) is 2.73. The maximum atomic E-state index is 11.3. The third-order valence-electron chi connectivity index (χ3n) is 4.29. The van der Waals surface area contributed by atoms with Gasteiger partial charge in [-0.25, -0.2) is 14.8 Å². The van der Waals surface area contributed by atoms with Gasteiger partial charge in [0.25, 0.3) is 0 Å². The van der Waals surface area contributed by atoms with Crippen LogP contribution in [0.4, 0.5) is 0 Å². The van der Waals surface area contributed by atoms with Crippen molar-refractivity contribution in [1.82, 2.24) is 9.97 Å². The van der Waals surface area contributed by atoms with Gasteiger partial charge in [-0.2, -0.15) is 0 Å². The van der Waals surface area contributed by atoms with Crippen LogP contribution in [0.15, 0.2) is 6.20 Å². The number of carboxylic acids is 1. The molecule has 1 aliphatic rings. The summed E-state index contributed by atoms with van der Waals surface area (Å²) in [5.74, 6) is -0.308. The molecular formula is C16H24N2O3. The van der Waals surface area contributed by atoms with Crippen molar-refractivity contribution in [3.05, 3.63) is 23.3 Å². The number of aromatic carboxylic acids is 1. The fourth-order valence-corrected chi connectivity index (χ4v) is 3.06. The molecule has 0 saturated heterocycles. The average molecular weight is 292 g/mol. The van der Waals surface area contributed by atoms with Gasteiger partial charge < -0.3 is 9.84 Å². The van der Waals surface area contributed by atoms with Crippen LogP contribution in [0, 0.1) is 0 Å².